The molecule has 2 aliphatic heterocycles. The van der Waals surface area contributed by atoms with E-state index in [0.29, 0.717) is 13.2 Å². The number of hydrogen-bond acceptors (Lipinski definition) is 5. The lowest BCUT2D eigenvalue weighted by atomic mass is 10.0. The Balaban J connectivity index is 0.00000259. The summed E-state index contributed by atoms with van der Waals surface area (Å²) in [6.07, 6.45) is 1.03. The summed E-state index contributed by atoms with van der Waals surface area (Å²) in [5.41, 5.74) is 0.728. The molecule has 0 aromatic heterocycles. The number of halogens is 1. The predicted octanol–water partition coefficient (Wildman–Crippen LogP) is 2.05. The first-order chi connectivity index (χ1) is 15.7. The number of β-amino-alcohol motifs (C(OH)–C–C–N with tert-alkyl or cyclic N) is 1. The molecule has 2 aliphatic rings. The number of hydrogen-bond donors (Lipinski definition) is 1. The lowest BCUT2D eigenvalue weighted by Gasteiger charge is -2.24. The van der Waals surface area contributed by atoms with Crippen LogP contribution in [-0.4, -0.2) is 40.3 Å². The SMILES string of the molecule is CCOc1ccccc1N1CC(O)(c2ccc(Oc3ccccc3)cc2)[N+]2=C1SCCC2.[Br-]. The summed E-state index contributed by atoms with van der Waals surface area (Å²) in [5, 5.41) is 13.0. The van der Waals surface area contributed by atoms with Gasteiger partial charge in [0, 0.05) is 11.3 Å². The van der Waals surface area contributed by atoms with Crippen molar-refractivity contribution in [2.24, 2.45) is 0 Å². The molecule has 5 nitrogen and oxygen atoms in total. The van der Waals surface area contributed by atoms with E-state index in [0.717, 1.165) is 52.4 Å². The Morgan fingerprint density at radius 1 is 0.970 bits per heavy atom. The Morgan fingerprint density at radius 3 is 2.42 bits per heavy atom. The zero-order valence-corrected chi connectivity index (χ0v) is 20.9. The van der Waals surface area contributed by atoms with Crippen LogP contribution < -0.4 is 31.4 Å². The summed E-state index contributed by atoms with van der Waals surface area (Å²) in [7, 11) is 0. The molecule has 7 heteroatoms. The van der Waals surface area contributed by atoms with Crippen LogP contribution in [0.15, 0.2) is 78.9 Å². The molecular weight excluding hydrogens is 500 g/mol. The molecule has 0 aliphatic carbocycles. The van der Waals surface area contributed by atoms with Crippen molar-refractivity contribution in [1.29, 1.82) is 0 Å². The Hall–Kier alpha value is -2.48. The molecule has 0 fully saturated rings. The summed E-state index contributed by atoms with van der Waals surface area (Å²) < 4.78 is 14.0. The zero-order valence-electron chi connectivity index (χ0n) is 18.5. The quantitative estimate of drug-likeness (QED) is 0.498. The second-order valence-electron chi connectivity index (χ2n) is 7.88. The number of amidine groups is 1. The van der Waals surface area contributed by atoms with E-state index in [9.17, 15) is 5.11 Å². The molecule has 172 valence electrons. The first kappa shape index (κ1) is 23.7. The van der Waals surface area contributed by atoms with E-state index in [4.69, 9.17) is 9.47 Å². The molecule has 0 amide bonds. The fraction of sp³-hybridized carbons (Fsp3) is 0.269. The Kier molecular flexibility index (Phi) is 7.32. The average molecular weight is 527 g/mol. The normalized spacial score (nSPS) is 19.6. The molecule has 0 radical (unpaired) electrons. The Morgan fingerprint density at radius 2 is 1.67 bits per heavy atom. The van der Waals surface area contributed by atoms with Gasteiger partial charge in [0.1, 0.15) is 11.5 Å². The van der Waals surface area contributed by atoms with Crippen LogP contribution in [0.3, 0.4) is 0 Å². The minimum atomic E-state index is -1.12. The Bertz CT molecular complexity index is 1120. The molecule has 3 aromatic rings. The number of thioether (sulfide) groups is 1. The smallest absolute Gasteiger partial charge is 0.316 e. The van der Waals surface area contributed by atoms with Crippen LogP contribution in [0.1, 0.15) is 18.9 Å². The van der Waals surface area contributed by atoms with Crippen molar-refractivity contribution in [2.45, 2.75) is 19.1 Å². The summed E-state index contributed by atoms with van der Waals surface area (Å²) in [6.45, 7) is 3.85. The molecule has 3 aromatic carbocycles. The largest absolute Gasteiger partial charge is 1.00 e. The second kappa shape index (κ2) is 10.2. The monoisotopic (exact) mass is 526 g/mol. The van der Waals surface area contributed by atoms with E-state index in [1.807, 2.05) is 79.7 Å². The van der Waals surface area contributed by atoms with Gasteiger partial charge in [0.25, 0.3) is 5.72 Å². The van der Waals surface area contributed by atoms with Crippen molar-refractivity contribution in [2.75, 3.05) is 30.3 Å². The van der Waals surface area contributed by atoms with Crippen molar-refractivity contribution in [3.8, 4) is 17.2 Å². The fourth-order valence-corrected chi connectivity index (χ4v) is 5.48. The molecule has 1 N–H and O–H groups in total. The summed E-state index contributed by atoms with van der Waals surface area (Å²) in [5.74, 6) is 3.42. The van der Waals surface area contributed by atoms with Crippen LogP contribution >= 0.6 is 11.8 Å². The molecule has 5 rings (SSSR count). The molecule has 0 saturated carbocycles. The third-order valence-electron chi connectivity index (χ3n) is 5.80. The maximum Gasteiger partial charge on any atom is 0.316 e. The lowest BCUT2D eigenvalue weighted by Crippen LogP contribution is -3.00. The highest BCUT2D eigenvalue weighted by molar-refractivity contribution is 8.13. The maximum atomic E-state index is 12.0. The van der Waals surface area contributed by atoms with E-state index in [-0.39, 0.29) is 17.0 Å². The predicted molar refractivity (Wildman–Crippen MR) is 129 cm³/mol. The van der Waals surface area contributed by atoms with E-state index in [2.05, 4.69) is 15.5 Å². The van der Waals surface area contributed by atoms with Gasteiger partial charge in [-0.1, -0.05) is 30.3 Å². The van der Waals surface area contributed by atoms with Crippen molar-refractivity contribution in [3.05, 3.63) is 84.4 Å². The van der Waals surface area contributed by atoms with Gasteiger partial charge in [0.15, 0.2) is 18.0 Å². The van der Waals surface area contributed by atoms with Gasteiger partial charge in [0.2, 0.25) is 0 Å². The summed E-state index contributed by atoms with van der Waals surface area (Å²) in [6, 6.07) is 25.6. The van der Waals surface area contributed by atoms with Gasteiger partial charge in [-0.05, 0) is 73.6 Å². The van der Waals surface area contributed by atoms with Crippen LogP contribution in [0.25, 0.3) is 0 Å². The molecule has 1 unspecified atom stereocenters. The second-order valence-corrected chi connectivity index (χ2v) is 8.94. The highest BCUT2D eigenvalue weighted by atomic mass is 79.9. The van der Waals surface area contributed by atoms with Gasteiger partial charge in [0.05, 0.1) is 13.2 Å². The topological polar surface area (TPSA) is 44.9 Å². The van der Waals surface area contributed by atoms with E-state index in [1.165, 1.54) is 0 Å². The number of anilines is 1. The van der Waals surface area contributed by atoms with E-state index < -0.39 is 5.72 Å². The van der Waals surface area contributed by atoms with Gasteiger partial charge in [-0.25, -0.2) is 9.48 Å². The number of para-hydroxylation sites is 3. The highest BCUT2D eigenvalue weighted by Crippen LogP contribution is 2.41. The number of aliphatic hydroxyl groups is 1. The molecule has 33 heavy (non-hydrogen) atoms. The molecular formula is C26H27BrN2O3S. The number of nitrogens with zero attached hydrogens (tertiary/aromatic N) is 2. The van der Waals surface area contributed by atoms with Crippen LogP contribution in [0.2, 0.25) is 0 Å². The standard InChI is InChI=1S/C26H27N2O3S.BrH/c1-2-30-24-12-7-6-11-23(24)27-19-26(29,28-17-8-18-32-25(27)28)20-13-15-22(16-14-20)31-21-9-4-3-5-10-21;/h3-7,9-16,29H,2,8,17-19H2,1H3;1H/q+1;/p-1. The number of ether oxygens (including phenoxy) is 2. The van der Waals surface area contributed by atoms with Gasteiger partial charge in [-0.2, -0.15) is 0 Å². The van der Waals surface area contributed by atoms with Crippen molar-refractivity contribution in [3.63, 3.8) is 0 Å². The maximum absolute atomic E-state index is 12.0. The van der Waals surface area contributed by atoms with Crippen molar-refractivity contribution < 1.29 is 36.1 Å². The molecule has 0 saturated heterocycles. The van der Waals surface area contributed by atoms with E-state index in [1.54, 1.807) is 11.8 Å². The van der Waals surface area contributed by atoms with Crippen LogP contribution in [0, 0.1) is 0 Å². The number of benzene rings is 3. The van der Waals surface area contributed by atoms with Crippen LogP contribution in [0.4, 0.5) is 5.69 Å². The fourth-order valence-electron chi connectivity index (χ4n) is 4.31. The summed E-state index contributed by atoms with van der Waals surface area (Å²) in [4.78, 5) is 2.20. The highest BCUT2D eigenvalue weighted by Gasteiger charge is 2.53. The van der Waals surface area contributed by atoms with Crippen LogP contribution in [0.5, 0.6) is 17.2 Å². The van der Waals surface area contributed by atoms with Gasteiger partial charge >= 0.3 is 5.17 Å². The average Bonchev–Trinajstić information content (AvgIpc) is 3.15. The third kappa shape index (κ3) is 4.63. The lowest BCUT2D eigenvalue weighted by molar-refractivity contribution is -0.656. The Labute approximate surface area is 209 Å². The zero-order chi connectivity index (χ0) is 22.0. The minimum absolute atomic E-state index is 0. The van der Waals surface area contributed by atoms with Crippen molar-refractivity contribution >= 4 is 22.6 Å². The van der Waals surface area contributed by atoms with Gasteiger partial charge in [-0.15, -0.1) is 0 Å². The minimum Gasteiger partial charge on any atom is -1.00 e. The first-order valence-electron chi connectivity index (χ1n) is 11.0. The molecule has 1 atom stereocenters. The molecule has 0 spiro atoms. The van der Waals surface area contributed by atoms with Crippen molar-refractivity contribution in [1.82, 2.24) is 0 Å². The first-order valence-corrected chi connectivity index (χ1v) is 12.0. The third-order valence-corrected chi connectivity index (χ3v) is 6.99. The molecule has 2 heterocycles. The summed E-state index contributed by atoms with van der Waals surface area (Å²) >= 11 is 1.79. The van der Waals surface area contributed by atoms with Gasteiger partial charge < -0.3 is 31.6 Å². The van der Waals surface area contributed by atoms with Crippen LogP contribution in [-0.2, 0) is 5.72 Å². The van der Waals surface area contributed by atoms with E-state index >= 15 is 0 Å². The van der Waals surface area contributed by atoms with Gasteiger partial charge in [-0.3, -0.25) is 0 Å². The number of rotatable bonds is 6. The molecule has 0 bridgehead atoms.